The molecule has 0 fully saturated rings. The van der Waals surface area contributed by atoms with Crippen LogP contribution in [0.15, 0.2) is 18.2 Å². The van der Waals surface area contributed by atoms with Crippen LogP contribution in [0.4, 0.5) is 11.4 Å². The van der Waals surface area contributed by atoms with E-state index in [0.717, 1.165) is 12.2 Å². The van der Waals surface area contributed by atoms with E-state index in [9.17, 15) is 4.79 Å². The zero-order valence-electron chi connectivity index (χ0n) is 11.4. The molecule has 1 aromatic carbocycles. The summed E-state index contributed by atoms with van der Waals surface area (Å²) < 4.78 is 0. The Hall–Kier alpha value is -1.71. The summed E-state index contributed by atoms with van der Waals surface area (Å²) in [7, 11) is 0. The first-order chi connectivity index (χ1) is 8.24. The second-order valence-corrected chi connectivity index (χ2v) is 5.60. The monoisotopic (exact) mass is 250 g/mol. The Bertz CT molecular complexity index is 439. The Balaban J connectivity index is 2.76. The maximum atomic E-state index is 10.8. The van der Waals surface area contributed by atoms with Crippen molar-refractivity contribution >= 4 is 17.3 Å². The molecule has 0 aliphatic carbocycles. The molecule has 100 valence electrons. The van der Waals surface area contributed by atoms with E-state index in [0.29, 0.717) is 5.92 Å². The highest BCUT2D eigenvalue weighted by Crippen LogP contribution is 2.27. The second kappa shape index (κ2) is 5.29. The minimum Gasteiger partial charge on any atom is -0.478 e. The molecule has 4 heteroatoms. The van der Waals surface area contributed by atoms with Gasteiger partial charge in [-0.15, -0.1) is 0 Å². The fourth-order valence-electron chi connectivity index (χ4n) is 1.40. The number of nitrogens with one attached hydrogen (secondary N) is 1. The number of benzene rings is 1. The van der Waals surface area contributed by atoms with Gasteiger partial charge in [0.2, 0.25) is 0 Å². The summed E-state index contributed by atoms with van der Waals surface area (Å²) in [5.74, 6) is -0.442. The lowest BCUT2D eigenvalue weighted by molar-refractivity contribution is 0.0698. The Labute approximate surface area is 108 Å². The van der Waals surface area contributed by atoms with Gasteiger partial charge in [-0.05, 0) is 29.5 Å². The van der Waals surface area contributed by atoms with Gasteiger partial charge in [-0.2, -0.15) is 0 Å². The van der Waals surface area contributed by atoms with Gasteiger partial charge in [0, 0.05) is 17.9 Å². The molecule has 0 spiro atoms. The van der Waals surface area contributed by atoms with Crippen LogP contribution in [-0.2, 0) is 0 Å². The van der Waals surface area contributed by atoms with Crippen LogP contribution in [0.1, 0.15) is 38.1 Å². The number of anilines is 2. The molecule has 0 radical (unpaired) electrons. The van der Waals surface area contributed by atoms with Gasteiger partial charge >= 0.3 is 5.97 Å². The van der Waals surface area contributed by atoms with Crippen molar-refractivity contribution in [1.29, 1.82) is 0 Å². The second-order valence-electron chi connectivity index (χ2n) is 5.60. The van der Waals surface area contributed by atoms with Gasteiger partial charge in [0.15, 0.2) is 0 Å². The normalized spacial score (nSPS) is 11.6. The molecule has 0 saturated heterocycles. The quantitative estimate of drug-likeness (QED) is 0.702. The number of nitrogens with two attached hydrogens (primary N) is 1. The van der Waals surface area contributed by atoms with Crippen molar-refractivity contribution in [1.82, 2.24) is 0 Å². The molecule has 0 aliphatic rings. The summed E-state index contributed by atoms with van der Waals surface area (Å²) >= 11 is 0. The van der Waals surface area contributed by atoms with Crippen LogP contribution in [0.25, 0.3) is 0 Å². The Kier molecular flexibility index (Phi) is 4.22. The lowest BCUT2D eigenvalue weighted by atomic mass is 9.81. The maximum Gasteiger partial charge on any atom is 0.337 e. The van der Waals surface area contributed by atoms with Crippen LogP contribution in [0.3, 0.4) is 0 Å². The number of aromatic carboxylic acids is 1. The first-order valence-corrected chi connectivity index (χ1v) is 6.10. The third kappa shape index (κ3) is 3.39. The molecule has 0 aromatic heterocycles. The first-order valence-electron chi connectivity index (χ1n) is 6.10. The molecular formula is C14H22N2O2. The zero-order chi connectivity index (χ0) is 13.9. The minimum absolute atomic E-state index is 0.142. The van der Waals surface area contributed by atoms with Gasteiger partial charge in [0.25, 0.3) is 0 Å². The minimum atomic E-state index is -0.999. The van der Waals surface area contributed by atoms with Crippen LogP contribution < -0.4 is 11.1 Å². The van der Waals surface area contributed by atoms with E-state index < -0.39 is 5.97 Å². The van der Waals surface area contributed by atoms with Gasteiger partial charge in [-0.1, -0.05) is 27.7 Å². The average molecular weight is 250 g/mol. The highest BCUT2D eigenvalue weighted by atomic mass is 16.4. The highest BCUT2D eigenvalue weighted by molar-refractivity contribution is 5.94. The van der Waals surface area contributed by atoms with Crippen LogP contribution in [0.2, 0.25) is 0 Å². The topological polar surface area (TPSA) is 75.3 Å². The van der Waals surface area contributed by atoms with Crippen molar-refractivity contribution in [3.8, 4) is 0 Å². The van der Waals surface area contributed by atoms with E-state index >= 15 is 0 Å². The van der Waals surface area contributed by atoms with Crippen LogP contribution in [0.5, 0.6) is 0 Å². The van der Waals surface area contributed by atoms with Crippen molar-refractivity contribution in [2.45, 2.75) is 27.7 Å². The standard InChI is InChI=1S/C14H22N2O2/c1-9(2)14(3,4)8-16-10-5-6-11(13(17)18)12(15)7-10/h5-7,9,16H,8,15H2,1-4H3,(H,17,18). The summed E-state index contributed by atoms with van der Waals surface area (Å²) in [5, 5.41) is 12.2. The number of carbonyl (C=O) groups is 1. The average Bonchev–Trinajstić information content (AvgIpc) is 2.25. The molecule has 0 aliphatic heterocycles. The SMILES string of the molecule is CC(C)C(C)(C)CNc1ccc(C(=O)O)c(N)c1. The zero-order valence-corrected chi connectivity index (χ0v) is 11.4. The molecule has 1 aromatic rings. The fourth-order valence-corrected chi connectivity index (χ4v) is 1.40. The predicted molar refractivity (Wildman–Crippen MR) is 74.9 cm³/mol. The smallest absolute Gasteiger partial charge is 0.337 e. The Morgan fingerprint density at radius 1 is 1.44 bits per heavy atom. The van der Waals surface area contributed by atoms with E-state index in [-0.39, 0.29) is 16.7 Å². The van der Waals surface area contributed by atoms with E-state index in [1.807, 2.05) is 0 Å². The molecular weight excluding hydrogens is 228 g/mol. The molecule has 4 N–H and O–H groups in total. The van der Waals surface area contributed by atoms with Crippen LogP contribution >= 0.6 is 0 Å². The van der Waals surface area contributed by atoms with Gasteiger partial charge in [-0.3, -0.25) is 0 Å². The summed E-state index contributed by atoms with van der Waals surface area (Å²) in [6.45, 7) is 9.57. The molecule has 0 heterocycles. The molecule has 1 rings (SSSR count). The third-order valence-corrected chi connectivity index (χ3v) is 3.59. The van der Waals surface area contributed by atoms with Gasteiger partial charge in [0.05, 0.1) is 5.56 Å². The largest absolute Gasteiger partial charge is 0.478 e. The van der Waals surface area contributed by atoms with Crippen molar-refractivity contribution in [3.05, 3.63) is 23.8 Å². The summed E-state index contributed by atoms with van der Waals surface area (Å²) in [6, 6.07) is 4.94. The fraction of sp³-hybridized carbons (Fsp3) is 0.500. The Morgan fingerprint density at radius 2 is 2.06 bits per heavy atom. The third-order valence-electron chi connectivity index (χ3n) is 3.59. The Morgan fingerprint density at radius 3 is 2.50 bits per heavy atom. The van der Waals surface area contributed by atoms with Crippen molar-refractivity contribution in [3.63, 3.8) is 0 Å². The summed E-state index contributed by atoms with van der Waals surface area (Å²) in [4.78, 5) is 10.8. The lowest BCUT2D eigenvalue weighted by Gasteiger charge is -2.30. The van der Waals surface area contributed by atoms with Crippen molar-refractivity contribution in [2.75, 3.05) is 17.6 Å². The molecule has 0 bridgehead atoms. The van der Waals surface area contributed by atoms with Crippen LogP contribution in [-0.4, -0.2) is 17.6 Å². The number of hydrogen-bond donors (Lipinski definition) is 3. The summed E-state index contributed by atoms with van der Waals surface area (Å²) in [6.07, 6.45) is 0. The predicted octanol–water partition coefficient (Wildman–Crippen LogP) is 3.06. The molecule has 0 unspecified atom stereocenters. The van der Waals surface area contributed by atoms with E-state index in [4.69, 9.17) is 10.8 Å². The number of rotatable bonds is 5. The molecule has 0 saturated carbocycles. The number of nitrogen functional groups attached to an aromatic ring is 1. The van der Waals surface area contributed by atoms with Gasteiger partial charge < -0.3 is 16.2 Å². The number of carboxylic acid groups (broad SMARTS) is 1. The van der Waals surface area contributed by atoms with E-state index in [1.54, 1.807) is 12.1 Å². The maximum absolute atomic E-state index is 10.8. The van der Waals surface area contributed by atoms with Gasteiger partial charge in [0.1, 0.15) is 0 Å². The molecule has 0 amide bonds. The van der Waals surface area contributed by atoms with E-state index in [2.05, 4.69) is 33.0 Å². The van der Waals surface area contributed by atoms with E-state index in [1.165, 1.54) is 6.07 Å². The molecule has 0 atom stereocenters. The summed E-state index contributed by atoms with van der Waals surface area (Å²) in [5.41, 5.74) is 7.15. The van der Waals surface area contributed by atoms with Crippen molar-refractivity contribution in [2.24, 2.45) is 11.3 Å². The molecule has 18 heavy (non-hydrogen) atoms. The lowest BCUT2D eigenvalue weighted by Crippen LogP contribution is -2.28. The molecule has 4 nitrogen and oxygen atoms in total. The van der Waals surface area contributed by atoms with Crippen LogP contribution in [0, 0.1) is 11.3 Å². The van der Waals surface area contributed by atoms with Crippen molar-refractivity contribution < 1.29 is 9.90 Å². The first kappa shape index (κ1) is 14.4. The number of carboxylic acids is 1. The van der Waals surface area contributed by atoms with Gasteiger partial charge in [-0.25, -0.2) is 4.79 Å². The number of hydrogen-bond acceptors (Lipinski definition) is 3. The highest BCUT2D eigenvalue weighted by Gasteiger charge is 2.21.